The van der Waals surface area contributed by atoms with Crippen LogP contribution in [0.15, 0.2) is 11.6 Å². The molecule has 2 heterocycles. The summed E-state index contributed by atoms with van der Waals surface area (Å²) >= 11 is 3.49. The van der Waals surface area contributed by atoms with E-state index in [1.54, 1.807) is 11.3 Å². The maximum atomic E-state index is 11.6. The summed E-state index contributed by atoms with van der Waals surface area (Å²) in [7, 11) is 0. The standard InChI is InChI=1S/C10H18N6OS2/c11-9(12)15-10-14-7(5-16(10)17)1-3-18-6-8-13-2-4-19-8/h2,4,7,10,14,16H,1,3,5-6H2,(H4,11,12,15). The average molecular weight is 302 g/mol. The largest absolute Gasteiger partial charge is 0.632 e. The van der Waals surface area contributed by atoms with Gasteiger partial charge in [-0.15, -0.1) is 11.3 Å². The topological polar surface area (TPSA) is 114 Å². The Morgan fingerprint density at radius 2 is 2.63 bits per heavy atom. The molecule has 1 aromatic rings. The summed E-state index contributed by atoms with van der Waals surface area (Å²) in [5, 5.41) is 27.7. The van der Waals surface area contributed by atoms with Gasteiger partial charge in [-0.25, -0.2) is 10.3 Å². The van der Waals surface area contributed by atoms with Crippen molar-refractivity contribution in [2.24, 2.45) is 5.73 Å². The molecule has 7 nitrogen and oxygen atoms in total. The zero-order valence-corrected chi connectivity index (χ0v) is 12.0. The molecular formula is C10H18N6OS2. The molecule has 0 bridgehead atoms. The normalized spacial score (nSPS) is 26.5. The van der Waals surface area contributed by atoms with Crippen molar-refractivity contribution in [3.8, 4) is 0 Å². The molecule has 19 heavy (non-hydrogen) atoms. The Morgan fingerprint density at radius 3 is 3.32 bits per heavy atom. The van der Waals surface area contributed by atoms with Gasteiger partial charge < -0.3 is 16.0 Å². The number of hydrogen-bond acceptors (Lipinski definition) is 6. The highest BCUT2D eigenvalue weighted by atomic mass is 32.2. The van der Waals surface area contributed by atoms with Gasteiger partial charge in [0, 0.05) is 17.3 Å². The van der Waals surface area contributed by atoms with Gasteiger partial charge in [0.2, 0.25) is 6.29 Å². The van der Waals surface area contributed by atoms with Crippen LogP contribution in [0.1, 0.15) is 11.4 Å². The summed E-state index contributed by atoms with van der Waals surface area (Å²) in [5.41, 5.74) is 5.23. The molecule has 106 valence electrons. The van der Waals surface area contributed by atoms with E-state index in [0.29, 0.717) is 6.54 Å². The van der Waals surface area contributed by atoms with Gasteiger partial charge in [-0.05, 0) is 12.2 Å². The molecule has 1 fully saturated rings. The van der Waals surface area contributed by atoms with Crippen LogP contribution in [0.25, 0.3) is 0 Å². The number of hydroxylamine groups is 2. The molecule has 0 radical (unpaired) electrons. The van der Waals surface area contributed by atoms with Gasteiger partial charge in [-0.3, -0.25) is 10.7 Å². The van der Waals surface area contributed by atoms with Crippen molar-refractivity contribution in [1.82, 2.24) is 15.6 Å². The van der Waals surface area contributed by atoms with Crippen molar-refractivity contribution in [3.63, 3.8) is 0 Å². The quantitative estimate of drug-likeness (QED) is 0.197. The Morgan fingerprint density at radius 1 is 1.79 bits per heavy atom. The van der Waals surface area contributed by atoms with Crippen molar-refractivity contribution in [2.75, 3.05) is 12.3 Å². The van der Waals surface area contributed by atoms with Crippen molar-refractivity contribution in [1.29, 1.82) is 5.41 Å². The second kappa shape index (κ2) is 7.06. The molecule has 1 saturated heterocycles. The van der Waals surface area contributed by atoms with E-state index in [9.17, 15) is 5.21 Å². The Kier molecular flexibility index (Phi) is 5.40. The Hall–Kier alpha value is -0.870. The molecule has 0 aromatic carbocycles. The molecule has 0 saturated carbocycles. The molecule has 1 aromatic heterocycles. The smallest absolute Gasteiger partial charge is 0.221 e. The number of thioether (sulfide) groups is 1. The predicted molar refractivity (Wildman–Crippen MR) is 77.9 cm³/mol. The van der Waals surface area contributed by atoms with Crippen LogP contribution in [-0.2, 0) is 5.75 Å². The van der Waals surface area contributed by atoms with Crippen molar-refractivity contribution >= 4 is 29.1 Å². The maximum absolute atomic E-state index is 11.6. The molecule has 2 rings (SSSR count). The molecule has 3 atom stereocenters. The van der Waals surface area contributed by atoms with E-state index in [2.05, 4.69) is 15.6 Å². The molecular weight excluding hydrogens is 284 g/mol. The van der Waals surface area contributed by atoms with E-state index in [1.807, 2.05) is 23.3 Å². The fraction of sp³-hybridized carbons (Fsp3) is 0.600. The first-order valence-electron chi connectivity index (χ1n) is 6.00. The number of thiazole rings is 1. The second-order valence-corrected chi connectivity index (χ2v) is 6.38. The fourth-order valence-corrected chi connectivity index (χ4v) is 3.69. The van der Waals surface area contributed by atoms with Crippen LogP contribution in [0.5, 0.6) is 0 Å². The first-order chi connectivity index (χ1) is 9.15. The third kappa shape index (κ3) is 4.62. The van der Waals surface area contributed by atoms with Gasteiger partial charge >= 0.3 is 0 Å². The molecule has 1 aliphatic heterocycles. The number of nitrogens with two attached hydrogens (primary N) is 1. The number of rotatable bonds is 6. The predicted octanol–water partition coefficient (Wildman–Crippen LogP) is -1.11. The zero-order valence-electron chi connectivity index (χ0n) is 10.4. The first-order valence-corrected chi connectivity index (χ1v) is 8.04. The molecule has 3 unspecified atom stereocenters. The summed E-state index contributed by atoms with van der Waals surface area (Å²) in [4.78, 5) is 4.22. The third-order valence-corrected chi connectivity index (χ3v) is 4.76. The Labute approximate surface area is 120 Å². The van der Waals surface area contributed by atoms with Gasteiger partial charge in [0.15, 0.2) is 5.96 Å². The highest BCUT2D eigenvalue weighted by molar-refractivity contribution is 7.98. The van der Waals surface area contributed by atoms with E-state index in [1.165, 1.54) is 0 Å². The molecule has 0 spiro atoms. The van der Waals surface area contributed by atoms with E-state index < -0.39 is 6.29 Å². The lowest BCUT2D eigenvalue weighted by atomic mass is 10.2. The van der Waals surface area contributed by atoms with Crippen LogP contribution in [0.3, 0.4) is 0 Å². The first kappa shape index (κ1) is 14.5. The minimum atomic E-state index is -0.494. The van der Waals surface area contributed by atoms with Crippen molar-refractivity contribution in [2.45, 2.75) is 24.5 Å². The molecule has 0 aliphatic carbocycles. The van der Waals surface area contributed by atoms with E-state index in [0.717, 1.165) is 22.9 Å². The summed E-state index contributed by atoms with van der Waals surface area (Å²) in [6, 6.07) is 0.174. The monoisotopic (exact) mass is 302 g/mol. The second-order valence-electron chi connectivity index (χ2n) is 4.29. The number of nitrogens with zero attached hydrogens (tertiary/aromatic N) is 1. The Bertz CT molecular complexity index is 401. The third-order valence-electron chi connectivity index (χ3n) is 2.79. The highest BCUT2D eigenvalue weighted by Gasteiger charge is 2.30. The van der Waals surface area contributed by atoms with Crippen LogP contribution >= 0.6 is 23.1 Å². The van der Waals surface area contributed by atoms with Gasteiger partial charge in [0.1, 0.15) is 5.01 Å². The van der Waals surface area contributed by atoms with Gasteiger partial charge in [0.05, 0.1) is 12.6 Å². The van der Waals surface area contributed by atoms with Crippen molar-refractivity contribution < 1.29 is 5.06 Å². The summed E-state index contributed by atoms with van der Waals surface area (Å²) < 4.78 is 0. The number of nitrogens with one attached hydrogen (secondary N) is 4. The van der Waals surface area contributed by atoms with E-state index in [4.69, 9.17) is 11.1 Å². The minimum Gasteiger partial charge on any atom is -0.632 e. The summed E-state index contributed by atoms with van der Waals surface area (Å²) in [6.07, 6.45) is 2.25. The number of hydrogen-bond donors (Lipinski definition) is 5. The van der Waals surface area contributed by atoms with Crippen LogP contribution in [0.2, 0.25) is 0 Å². The Balaban J connectivity index is 1.63. The number of quaternary nitrogens is 1. The summed E-state index contributed by atoms with van der Waals surface area (Å²) in [5.74, 6) is 1.73. The number of aromatic nitrogens is 1. The van der Waals surface area contributed by atoms with Crippen LogP contribution in [0.4, 0.5) is 0 Å². The molecule has 0 amide bonds. The molecule has 1 aliphatic rings. The number of guanidine groups is 1. The maximum Gasteiger partial charge on any atom is 0.221 e. The molecule has 6 N–H and O–H groups in total. The van der Waals surface area contributed by atoms with Crippen LogP contribution in [0, 0.1) is 10.6 Å². The zero-order chi connectivity index (χ0) is 13.7. The van der Waals surface area contributed by atoms with Gasteiger partial charge in [-0.1, -0.05) is 0 Å². The molecule has 9 heteroatoms. The SMILES string of the molecule is N=C(N)NC1NC(CCSCc2nccs2)C[NH+]1[O-]. The van der Waals surface area contributed by atoms with Crippen LogP contribution in [-0.4, -0.2) is 35.6 Å². The van der Waals surface area contributed by atoms with E-state index in [-0.39, 0.29) is 17.1 Å². The van der Waals surface area contributed by atoms with Gasteiger partial charge in [0.25, 0.3) is 0 Å². The minimum absolute atomic E-state index is 0.0742. The van der Waals surface area contributed by atoms with E-state index >= 15 is 0 Å². The lowest BCUT2D eigenvalue weighted by Crippen LogP contribution is -3.12. The average Bonchev–Trinajstić information content (AvgIpc) is 2.95. The van der Waals surface area contributed by atoms with Crippen LogP contribution < -0.4 is 21.4 Å². The fourth-order valence-electron chi connectivity index (χ4n) is 1.92. The lowest BCUT2D eigenvalue weighted by Gasteiger charge is -2.23. The van der Waals surface area contributed by atoms with Gasteiger partial charge in [-0.2, -0.15) is 11.8 Å². The van der Waals surface area contributed by atoms with Crippen molar-refractivity contribution in [3.05, 3.63) is 21.8 Å². The highest BCUT2D eigenvalue weighted by Crippen LogP contribution is 2.15. The lowest BCUT2D eigenvalue weighted by molar-refractivity contribution is -0.865. The summed E-state index contributed by atoms with van der Waals surface area (Å²) in [6.45, 7) is 0.503.